The van der Waals surface area contributed by atoms with Crippen molar-refractivity contribution in [2.75, 3.05) is 0 Å². The molecule has 0 aliphatic carbocycles. The van der Waals surface area contributed by atoms with Crippen LogP contribution in [0.2, 0.25) is 5.02 Å². The predicted molar refractivity (Wildman–Crippen MR) is 273 cm³/mol. The van der Waals surface area contributed by atoms with E-state index in [1.807, 2.05) is 43.3 Å². The van der Waals surface area contributed by atoms with Gasteiger partial charge in [0.25, 0.3) is 11.8 Å². The van der Waals surface area contributed by atoms with Gasteiger partial charge in [-0.15, -0.1) is 0 Å². The molecule has 2 heterocycles. The fraction of sp³-hybridized carbons (Fsp3) is 0.0847. The average molecular weight is 923 g/mol. The van der Waals surface area contributed by atoms with E-state index in [9.17, 15) is 14.0 Å². The number of hydrogen-bond donors (Lipinski definition) is 2. The van der Waals surface area contributed by atoms with Gasteiger partial charge in [0.15, 0.2) is 0 Å². The van der Waals surface area contributed by atoms with Gasteiger partial charge in [-0.2, -0.15) is 0 Å². The summed E-state index contributed by atoms with van der Waals surface area (Å²) in [6.07, 6.45) is 0.698. The molecule has 2 amide bonds. The van der Waals surface area contributed by atoms with Gasteiger partial charge in [0.1, 0.15) is 5.82 Å². The largest absolute Gasteiger partial charge is 0.348 e. The number of carbonyl (C=O) groups excluding carboxylic acids is 2. The van der Waals surface area contributed by atoms with E-state index in [2.05, 4.69) is 102 Å². The van der Waals surface area contributed by atoms with E-state index in [1.54, 1.807) is 48.5 Å². The minimum Gasteiger partial charge on any atom is -0.348 e. The Hall–Kier alpha value is -8.40. The van der Waals surface area contributed by atoms with Crippen LogP contribution in [0.1, 0.15) is 54.1 Å². The molecule has 0 fully saturated rings. The zero-order valence-electron chi connectivity index (χ0n) is 37.8. The quantitative estimate of drug-likeness (QED) is 0.126. The molecule has 0 saturated heterocycles. The average Bonchev–Trinajstić information content (AvgIpc) is 3.38. The topological polar surface area (TPSA) is 110 Å². The smallest absolute Gasteiger partial charge is 0.251 e. The summed E-state index contributed by atoms with van der Waals surface area (Å²) in [5.41, 5.74) is 16.4. The van der Waals surface area contributed by atoms with Crippen LogP contribution in [0.4, 0.5) is 4.39 Å². The van der Waals surface area contributed by atoms with Gasteiger partial charge in [-0.1, -0.05) is 144 Å². The summed E-state index contributed by atoms with van der Waals surface area (Å²) < 4.78 is 13.4. The van der Waals surface area contributed by atoms with E-state index in [0.29, 0.717) is 56.9 Å². The summed E-state index contributed by atoms with van der Waals surface area (Å²) in [6.45, 7) is 4.75. The molecule has 2 N–H and O–H groups in total. The molecule has 2 aromatic heterocycles. The molecule has 0 atom stereocenters. The maximum absolute atomic E-state index is 13.4. The normalized spacial score (nSPS) is 11.2. The molecule has 10 aromatic rings. The van der Waals surface area contributed by atoms with Crippen LogP contribution in [-0.2, 0) is 19.5 Å². The highest BCUT2D eigenvalue weighted by molar-refractivity contribution is 6.30. The number of halogens is 2. The van der Waals surface area contributed by atoms with Crippen LogP contribution in [0.5, 0.6) is 0 Å². The molecule has 0 radical (unpaired) electrons. The summed E-state index contributed by atoms with van der Waals surface area (Å²) >= 11 is 6.05. The number of hydrogen-bond acceptors (Lipinski definition) is 6. The van der Waals surface area contributed by atoms with E-state index in [0.717, 1.165) is 72.7 Å². The molecule has 10 heteroatoms. The van der Waals surface area contributed by atoms with Crippen molar-refractivity contribution in [2.45, 2.75) is 33.4 Å². The highest BCUT2D eigenvalue weighted by atomic mass is 35.5. The Labute approximate surface area is 404 Å². The number of fused-ring (bicyclic) bond motifs is 2. The van der Waals surface area contributed by atoms with Crippen molar-refractivity contribution in [3.63, 3.8) is 0 Å². The summed E-state index contributed by atoms with van der Waals surface area (Å²) in [5, 5.41) is 6.57. The predicted octanol–water partition coefficient (Wildman–Crippen LogP) is 13.1. The summed E-state index contributed by atoms with van der Waals surface area (Å²) in [7, 11) is 0. The number of carbonyl (C=O) groups is 2. The molecule has 69 heavy (non-hydrogen) atoms. The summed E-state index contributed by atoms with van der Waals surface area (Å²) in [5.74, 6) is -0.784. The Morgan fingerprint density at radius 1 is 0.420 bits per heavy atom. The minimum absolute atomic E-state index is 0.203. The van der Waals surface area contributed by atoms with Crippen LogP contribution >= 0.6 is 11.6 Å². The highest BCUT2D eigenvalue weighted by Gasteiger charge is 2.18. The molecule has 0 bridgehead atoms. The van der Waals surface area contributed by atoms with Crippen LogP contribution in [-0.4, -0.2) is 31.8 Å². The first-order valence-corrected chi connectivity index (χ1v) is 23.0. The third-order valence-electron chi connectivity index (χ3n) is 12.1. The molecular weight excluding hydrogens is 879 g/mol. The molecule has 8 aromatic carbocycles. The summed E-state index contributed by atoms with van der Waals surface area (Å²) in [6, 6.07) is 57.5. The lowest BCUT2D eigenvalue weighted by Gasteiger charge is -2.13. The van der Waals surface area contributed by atoms with Crippen molar-refractivity contribution in [3.05, 3.63) is 237 Å². The number of amides is 2. The Morgan fingerprint density at radius 3 is 1.14 bits per heavy atom. The third-order valence-corrected chi connectivity index (χ3v) is 12.4. The Morgan fingerprint density at radius 2 is 0.754 bits per heavy atom. The second kappa shape index (κ2) is 19.4. The van der Waals surface area contributed by atoms with Gasteiger partial charge in [-0.25, -0.2) is 24.3 Å². The lowest BCUT2D eigenvalue weighted by molar-refractivity contribution is 0.0943. The number of nitrogens with one attached hydrogen (secondary N) is 2. The monoisotopic (exact) mass is 922 g/mol. The molecule has 0 spiro atoms. The van der Waals surface area contributed by atoms with E-state index >= 15 is 0 Å². The first-order valence-electron chi connectivity index (χ1n) is 22.6. The highest BCUT2D eigenvalue weighted by Crippen LogP contribution is 2.34. The van der Waals surface area contributed by atoms with Gasteiger partial charge < -0.3 is 10.6 Å². The maximum Gasteiger partial charge on any atom is 0.251 e. The number of nitrogens with zero attached hydrogens (tertiary/aromatic N) is 4. The van der Waals surface area contributed by atoms with E-state index in [4.69, 9.17) is 31.5 Å². The number of rotatable bonds is 12. The number of benzene rings is 8. The molecule has 0 saturated carbocycles. The number of aromatic nitrogens is 4. The molecule has 336 valence electrons. The minimum atomic E-state index is -0.323. The van der Waals surface area contributed by atoms with Gasteiger partial charge >= 0.3 is 0 Å². The van der Waals surface area contributed by atoms with E-state index in [-0.39, 0.29) is 24.2 Å². The van der Waals surface area contributed by atoms with Crippen LogP contribution in [0.25, 0.3) is 67.1 Å². The number of aryl methyl sites for hydroxylation is 2. The molecule has 8 nitrogen and oxygen atoms in total. The molecule has 0 unspecified atom stereocenters. The molecular formula is C59H44ClFN6O2. The lowest BCUT2D eigenvalue weighted by Crippen LogP contribution is -2.22. The second-order valence-corrected chi connectivity index (χ2v) is 17.6. The van der Waals surface area contributed by atoms with Gasteiger partial charge in [0.2, 0.25) is 0 Å². The van der Waals surface area contributed by atoms with E-state index < -0.39 is 0 Å². The first kappa shape index (κ1) is 44.4. The Balaban J connectivity index is 0.901. The van der Waals surface area contributed by atoms with Crippen molar-refractivity contribution >= 4 is 45.5 Å². The first-order chi connectivity index (χ1) is 33.6. The van der Waals surface area contributed by atoms with Gasteiger partial charge in [-0.3, -0.25) is 9.59 Å². The van der Waals surface area contributed by atoms with Crippen molar-refractivity contribution < 1.29 is 14.0 Å². The van der Waals surface area contributed by atoms with Gasteiger partial charge in [0, 0.05) is 51.5 Å². The molecule has 0 aliphatic heterocycles. The van der Waals surface area contributed by atoms with Crippen molar-refractivity contribution in [1.82, 2.24) is 30.6 Å². The van der Waals surface area contributed by atoms with Crippen LogP contribution in [0, 0.1) is 19.7 Å². The third kappa shape index (κ3) is 10.1. The Kier molecular flexibility index (Phi) is 12.5. The Bertz CT molecular complexity index is 3510. The van der Waals surface area contributed by atoms with Crippen molar-refractivity contribution in [3.8, 4) is 45.0 Å². The second-order valence-electron chi connectivity index (χ2n) is 17.2. The zero-order chi connectivity index (χ0) is 47.4. The van der Waals surface area contributed by atoms with Crippen LogP contribution in [0.3, 0.4) is 0 Å². The van der Waals surface area contributed by atoms with Crippen molar-refractivity contribution in [2.24, 2.45) is 0 Å². The standard InChI is InChI=1S/C59H44ClFN6O2/c1-36-3-15-42(16-4-36)54-57(67-53-33-46(23-29-50(53)64-54)58(68)62-34-40-11-25-48(60)26-12-40)45-21-9-39(10-22-45)31-38-7-19-44(20-8-38)55-56(43-17-5-37(2)6-18-43)66-52-32-47(24-30-51(52)65-55)59(69)63-35-41-13-27-49(61)28-14-41/h3-30,32-33H,31,34-35H2,1-2H3,(H,62,68)(H,63,69). The fourth-order valence-electron chi connectivity index (χ4n) is 8.19. The maximum atomic E-state index is 13.4. The van der Waals surface area contributed by atoms with Crippen LogP contribution < -0.4 is 10.6 Å². The fourth-order valence-corrected chi connectivity index (χ4v) is 8.32. The van der Waals surface area contributed by atoms with Crippen LogP contribution in [0.15, 0.2) is 182 Å². The van der Waals surface area contributed by atoms with Crippen molar-refractivity contribution in [1.29, 1.82) is 0 Å². The van der Waals surface area contributed by atoms with E-state index in [1.165, 1.54) is 12.1 Å². The lowest BCUT2D eigenvalue weighted by atomic mass is 9.98. The molecule has 10 rings (SSSR count). The van der Waals surface area contributed by atoms with Gasteiger partial charge in [-0.05, 0) is 103 Å². The zero-order valence-corrected chi connectivity index (χ0v) is 38.6. The SMILES string of the molecule is Cc1ccc(-c2nc3ccc(C(=O)NCc4ccc(Cl)cc4)cc3nc2-c2ccc(Cc3ccc(-c4nc5ccc(C(=O)NCc6ccc(F)cc6)cc5nc4-c4ccc(C)cc4)cc3)cc2)cc1. The molecule has 0 aliphatic rings. The summed E-state index contributed by atoms with van der Waals surface area (Å²) in [4.78, 5) is 47.0. The van der Waals surface area contributed by atoms with Gasteiger partial charge in [0.05, 0.1) is 44.8 Å².